The van der Waals surface area contributed by atoms with Gasteiger partial charge in [0.15, 0.2) is 0 Å². The predicted octanol–water partition coefficient (Wildman–Crippen LogP) is 3.99. The molecule has 0 fully saturated rings. The Labute approximate surface area is 162 Å². The fourth-order valence-electron chi connectivity index (χ4n) is 3.29. The summed E-state index contributed by atoms with van der Waals surface area (Å²) in [5, 5.41) is 6.01. The quantitative estimate of drug-likeness (QED) is 0.705. The minimum atomic E-state index is -0.169. The number of carbonyl (C=O) groups excluding carboxylic acids is 2. The maximum atomic E-state index is 12.6. The summed E-state index contributed by atoms with van der Waals surface area (Å²) < 4.78 is 0. The molecule has 2 rings (SSSR count). The van der Waals surface area contributed by atoms with Crippen LogP contribution in [-0.4, -0.2) is 24.4 Å². The Balaban J connectivity index is 1.88. The molecule has 2 N–H and O–H groups in total. The zero-order valence-corrected chi connectivity index (χ0v) is 16.4. The Hall–Kier alpha value is -2.62. The van der Waals surface area contributed by atoms with Crippen molar-refractivity contribution in [3.05, 3.63) is 71.8 Å². The van der Waals surface area contributed by atoms with Crippen LogP contribution < -0.4 is 10.6 Å². The molecule has 2 aromatic carbocycles. The topological polar surface area (TPSA) is 58.2 Å². The van der Waals surface area contributed by atoms with Gasteiger partial charge in [0.25, 0.3) is 0 Å². The average Bonchev–Trinajstić information content (AvgIpc) is 2.69. The SMILES string of the molecule is CCC(C(=O)NCC(C)NC(=O)C(CC)c1ccccc1)c1ccccc1. The first-order chi connectivity index (χ1) is 13.1. The molecule has 0 aromatic heterocycles. The Bertz CT molecular complexity index is 716. The zero-order valence-electron chi connectivity index (χ0n) is 16.4. The Morgan fingerprint density at radius 2 is 1.22 bits per heavy atom. The highest BCUT2D eigenvalue weighted by Gasteiger charge is 2.22. The standard InChI is InChI=1S/C23H30N2O2/c1-4-20(18-12-8-6-9-13-18)22(26)24-16-17(3)25-23(27)21(5-2)19-14-10-7-11-15-19/h6-15,17,20-21H,4-5,16H2,1-3H3,(H,24,26)(H,25,27). The number of rotatable bonds is 9. The average molecular weight is 367 g/mol. The molecule has 4 nitrogen and oxygen atoms in total. The second kappa shape index (κ2) is 10.5. The van der Waals surface area contributed by atoms with Gasteiger partial charge in [-0.1, -0.05) is 74.5 Å². The molecule has 0 heterocycles. The van der Waals surface area contributed by atoms with Crippen LogP contribution in [0.3, 0.4) is 0 Å². The third kappa shape index (κ3) is 5.95. The largest absolute Gasteiger partial charge is 0.354 e. The van der Waals surface area contributed by atoms with Crippen molar-refractivity contribution in [3.63, 3.8) is 0 Å². The van der Waals surface area contributed by atoms with Gasteiger partial charge < -0.3 is 10.6 Å². The number of nitrogens with one attached hydrogen (secondary N) is 2. The number of hydrogen-bond donors (Lipinski definition) is 2. The van der Waals surface area contributed by atoms with Crippen molar-refractivity contribution in [1.29, 1.82) is 0 Å². The molecule has 0 aliphatic carbocycles. The van der Waals surface area contributed by atoms with E-state index >= 15 is 0 Å². The lowest BCUT2D eigenvalue weighted by Gasteiger charge is -2.21. The van der Waals surface area contributed by atoms with Crippen LogP contribution >= 0.6 is 0 Å². The van der Waals surface area contributed by atoms with E-state index in [1.54, 1.807) is 0 Å². The maximum Gasteiger partial charge on any atom is 0.227 e. The first-order valence-electron chi connectivity index (χ1n) is 9.74. The van der Waals surface area contributed by atoms with E-state index in [0.717, 1.165) is 24.0 Å². The molecule has 0 aliphatic rings. The molecule has 3 unspecified atom stereocenters. The number of carbonyl (C=O) groups is 2. The van der Waals surface area contributed by atoms with Gasteiger partial charge in [0.2, 0.25) is 11.8 Å². The van der Waals surface area contributed by atoms with E-state index in [0.29, 0.717) is 6.54 Å². The van der Waals surface area contributed by atoms with Crippen LogP contribution in [0.1, 0.15) is 56.6 Å². The fraction of sp³-hybridized carbons (Fsp3) is 0.391. The van der Waals surface area contributed by atoms with Crippen molar-refractivity contribution >= 4 is 11.8 Å². The lowest BCUT2D eigenvalue weighted by molar-refractivity contribution is -0.125. The Morgan fingerprint density at radius 3 is 1.67 bits per heavy atom. The van der Waals surface area contributed by atoms with Crippen LogP contribution in [0.15, 0.2) is 60.7 Å². The number of amides is 2. The summed E-state index contributed by atoms with van der Waals surface area (Å²) in [6.07, 6.45) is 1.48. The Morgan fingerprint density at radius 1 is 0.778 bits per heavy atom. The molecule has 0 saturated carbocycles. The Kier molecular flexibility index (Phi) is 8.05. The molecular formula is C23H30N2O2. The summed E-state index contributed by atoms with van der Waals surface area (Å²) in [5.74, 6) is -0.334. The van der Waals surface area contributed by atoms with Crippen molar-refractivity contribution in [2.24, 2.45) is 0 Å². The summed E-state index contributed by atoms with van der Waals surface area (Å²) in [6, 6.07) is 19.5. The minimum Gasteiger partial charge on any atom is -0.354 e. The van der Waals surface area contributed by atoms with Crippen LogP contribution in [0.25, 0.3) is 0 Å². The van der Waals surface area contributed by atoms with E-state index in [1.165, 1.54) is 0 Å². The minimum absolute atomic E-state index is 0.0000927. The fourth-order valence-corrected chi connectivity index (χ4v) is 3.29. The van der Waals surface area contributed by atoms with Gasteiger partial charge in [0.05, 0.1) is 11.8 Å². The number of hydrogen-bond acceptors (Lipinski definition) is 2. The molecule has 2 aromatic rings. The highest BCUT2D eigenvalue weighted by Crippen LogP contribution is 2.20. The molecule has 27 heavy (non-hydrogen) atoms. The van der Waals surface area contributed by atoms with Gasteiger partial charge in [0.1, 0.15) is 0 Å². The van der Waals surface area contributed by atoms with Gasteiger partial charge in [0, 0.05) is 12.6 Å². The number of benzene rings is 2. The van der Waals surface area contributed by atoms with Crippen LogP contribution in [-0.2, 0) is 9.59 Å². The van der Waals surface area contributed by atoms with E-state index in [-0.39, 0.29) is 29.7 Å². The van der Waals surface area contributed by atoms with Gasteiger partial charge in [-0.2, -0.15) is 0 Å². The summed E-state index contributed by atoms with van der Waals surface area (Å²) in [6.45, 7) is 6.35. The maximum absolute atomic E-state index is 12.6. The van der Waals surface area contributed by atoms with Crippen LogP contribution in [0.5, 0.6) is 0 Å². The lowest BCUT2D eigenvalue weighted by atomic mass is 9.95. The first kappa shape index (κ1) is 20.7. The van der Waals surface area contributed by atoms with Crippen LogP contribution in [0, 0.1) is 0 Å². The van der Waals surface area contributed by atoms with Crippen molar-refractivity contribution in [2.75, 3.05) is 6.54 Å². The van der Waals surface area contributed by atoms with Gasteiger partial charge in [-0.25, -0.2) is 0 Å². The molecule has 4 heteroatoms. The van der Waals surface area contributed by atoms with E-state index in [4.69, 9.17) is 0 Å². The van der Waals surface area contributed by atoms with Gasteiger partial charge in [-0.3, -0.25) is 9.59 Å². The highest BCUT2D eigenvalue weighted by atomic mass is 16.2. The second-order valence-corrected chi connectivity index (χ2v) is 6.90. The summed E-state index contributed by atoms with van der Waals surface area (Å²) in [7, 11) is 0. The van der Waals surface area contributed by atoms with Crippen molar-refractivity contribution in [3.8, 4) is 0 Å². The van der Waals surface area contributed by atoms with Gasteiger partial charge in [-0.15, -0.1) is 0 Å². The molecule has 0 bridgehead atoms. The molecule has 2 amide bonds. The normalized spacial score (nSPS) is 14.0. The summed E-state index contributed by atoms with van der Waals surface area (Å²) >= 11 is 0. The highest BCUT2D eigenvalue weighted by molar-refractivity contribution is 5.85. The molecule has 0 radical (unpaired) electrons. The third-order valence-corrected chi connectivity index (χ3v) is 4.82. The molecule has 3 atom stereocenters. The predicted molar refractivity (Wildman–Crippen MR) is 110 cm³/mol. The summed E-state index contributed by atoms with van der Waals surface area (Å²) in [5.41, 5.74) is 2.04. The van der Waals surface area contributed by atoms with Crippen molar-refractivity contribution < 1.29 is 9.59 Å². The van der Waals surface area contributed by atoms with Crippen molar-refractivity contribution in [2.45, 2.75) is 51.5 Å². The monoisotopic (exact) mass is 366 g/mol. The molecule has 0 saturated heterocycles. The molecule has 0 spiro atoms. The smallest absolute Gasteiger partial charge is 0.227 e. The van der Waals surface area contributed by atoms with Gasteiger partial charge in [-0.05, 0) is 30.9 Å². The van der Waals surface area contributed by atoms with E-state index in [1.807, 2.05) is 81.4 Å². The molecular weight excluding hydrogens is 336 g/mol. The van der Waals surface area contributed by atoms with Crippen molar-refractivity contribution in [1.82, 2.24) is 10.6 Å². The summed E-state index contributed by atoms with van der Waals surface area (Å²) in [4.78, 5) is 25.2. The first-order valence-corrected chi connectivity index (χ1v) is 9.74. The van der Waals surface area contributed by atoms with E-state index in [2.05, 4.69) is 10.6 Å². The lowest BCUT2D eigenvalue weighted by Crippen LogP contribution is -2.44. The van der Waals surface area contributed by atoms with E-state index < -0.39 is 0 Å². The molecule has 0 aliphatic heterocycles. The second-order valence-electron chi connectivity index (χ2n) is 6.90. The molecule has 144 valence electrons. The zero-order chi connectivity index (χ0) is 19.6. The van der Waals surface area contributed by atoms with Gasteiger partial charge >= 0.3 is 0 Å². The van der Waals surface area contributed by atoms with Crippen LogP contribution in [0.2, 0.25) is 0 Å². The van der Waals surface area contributed by atoms with E-state index in [9.17, 15) is 9.59 Å². The third-order valence-electron chi connectivity index (χ3n) is 4.82. The van der Waals surface area contributed by atoms with Crippen LogP contribution in [0.4, 0.5) is 0 Å².